The van der Waals surface area contributed by atoms with Crippen molar-refractivity contribution in [1.29, 1.82) is 0 Å². The molecule has 0 radical (unpaired) electrons. The van der Waals surface area contributed by atoms with E-state index in [4.69, 9.17) is 11.6 Å². The van der Waals surface area contributed by atoms with Crippen LogP contribution in [0, 0.1) is 0 Å². The van der Waals surface area contributed by atoms with E-state index in [9.17, 15) is 18.6 Å². The maximum absolute atomic E-state index is 13.0. The fourth-order valence-corrected chi connectivity index (χ4v) is 5.38. The normalized spacial score (nSPS) is 20.3. The Bertz CT molecular complexity index is 869. The summed E-state index contributed by atoms with van der Waals surface area (Å²) in [4.78, 5) is 0.263. The lowest BCUT2D eigenvalue weighted by Crippen LogP contribution is -2.48. The SMILES string of the molecule is CC.O=S(=O)(c1ccccc1)N1CCCC(CCO)(c2ccc(Cl)c(O)c2)C1. The first-order chi connectivity index (χ1) is 13.4. The summed E-state index contributed by atoms with van der Waals surface area (Å²) in [5.74, 6) is -0.0375. The molecule has 0 aliphatic carbocycles. The summed E-state index contributed by atoms with van der Waals surface area (Å²) in [5.41, 5.74) is 0.234. The zero-order valence-electron chi connectivity index (χ0n) is 16.3. The largest absolute Gasteiger partial charge is 0.506 e. The third-order valence-electron chi connectivity index (χ3n) is 5.07. The van der Waals surface area contributed by atoms with Gasteiger partial charge in [-0.1, -0.05) is 49.7 Å². The van der Waals surface area contributed by atoms with E-state index in [1.54, 1.807) is 48.5 Å². The molecule has 1 fully saturated rings. The second kappa shape index (κ2) is 9.74. The number of phenolic OH excluding ortho intramolecular Hbond substituents is 1. The van der Waals surface area contributed by atoms with Crippen LogP contribution in [0.25, 0.3) is 0 Å². The van der Waals surface area contributed by atoms with E-state index < -0.39 is 15.4 Å². The van der Waals surface area contributed by atoms with Crippen molar-refractivity contribution < 1.29 is 18.6 Å². The smallest absolute Gasteiger partial charge is 0.243 e. The minimum atomic E-state index is -3.61. The van der Waals surface area contributed by atoms with Gasteiger partial charge in [-0.3, -0.25) is 0 Å². The van der Waals surface area contributed by atoms with Gasteiger partial charge in [-0.25, -0.2) is 8.42 Å². The second-order valence-electron chi connectivity index (χ2n) is 6.68. The molecule has 2 aromatic carbocycles. The molecule has 28 heavy (non-hydrogen) atoms. The zero-order chi connectivity index (χ0) is 20.8. The molecule has 1 saturated heterocycles. The molecule has 0 amide bonds. The predicted molar refractivity (Wildman–Crippen MR) is 112 cm³/mol. The number of hydrogen-bond acceptors (Lipinski definition) is 4. The standard InChI is InChI=1S/C19H22ClNO4S.C2H6/c20-17-8-7-15(13-18(17)23)19(10-12-22)9-4-11-21(14-19)26(24,25)16-5-2-1-3-6-16;1-2/h1-3,5-8,13,22-23H,4,9-12,14H2;1-2H3. The highest BCUT2D eigenvalue weighted by atomic mass is 35.5. The number of aliphatic hydroxyl groups is 1. The molecule has 0 saturated carbocycles. The van der Waals surface area contributed by atoms with Crippen LogP contribution < -0.4 is 0 Å². The van der Waals surface area contributed by atoms with Gasteiger partial charge in [0.25, 0.3) is 0 Å². The third-order valence-corrected chi connectivity index (χ3v) is 7.25. The van der Waals surface area contributed by atoms with Crippen LogP contribution in [0.4, 0.5) is 0 Å². The topological polar surface area (TPSA) is 77.8 Å². The molecule has 1 atom stereocenters. The Hall–Kier alpha value is -1.60. The molecule has 1 aliphatic rings. The van der Waals surface area contributed by atoms with E-state index in [2.05, 4.69) is 0 Å². The number of piperidine rings is 1. The van der Waals surface area contributed by atoms with Gasteiger partial charge in [-0.05, 0) is 49.1 Å². The van der Waals surface area contributed by atoms with Gasteiger partial charge in [0.1, 0.15) is 5.75 Å². The second-order valence-corrected chi connectivity index (χ2v) is 9.02. The van der Waals surface area contributed by atoms with Crippen LogP contribution in [0.1, 0.15) is 38.7 Å². The van der Waals surface area contributed by atoms with Crippen LogP contribution >= 0.6 is 11.6 Å². The van der Waals surface area contributed by atoms with Gasteiger partial charge in [-0.15, -0.1) is 0 Å². The first-order valence-electron chi connectivity index (χ1n) is 9.54. The highest BCUT2D eigenvalue weighted by Gasteiger charge is 2.41. The Morgan fingerprint density at radius 2 is 1.82 bits per heavy atom. The van der Waals surface area contributed by atoms with Crippen LogP contribution in [0.3, 0.4) is 0 Å². The molecule has 0 aromatic heterocycles. The number of hydrogen-bond donors (Lipinski definition) is 2. The van der Waals surface area contributed by atoms with Gasteiger partial charge in [-0.2, -0.15) is 4.31 Å². The van der Waals surface area contributed by atoms with E-state index in [-0.39, 0.29) is 28.8 Å². The summed E-state index contributed by atoms with van der Waals surface area (Å²) in [6.45, 7) is 4.62. The molecule has 7 heteroatoms. The number of phenols is 1. The minimum Gasteiger partial charge on any atom is -0.506 e. The third kappa shape index (κ3) is 4.69. The van der Waals surface area contributed by atoms with E-state index in [1.165, 1.54) is 4.31 Å². The first-order valence-corrected chi connectivity index (χ1v) is 11.4. The van der Waals surface area contributed by atoms with E-state index in [0.29, 0.717) is 19.4 Å². The number of halogens is 1. The van der Waals surface area contributed by atoms with Gasteiger partial charge in [0, 0.05) is 25.1 Å². The van der Waals surface area contributed by atoms with Crippen LogP contribution in [-0.2, 0) is 15.4 Å². The van der Waals surface area contributed by atoms with Gasteiger partial charge in [0.15, 0.2) is 0 Å². The van der Waals surface area contributed by atoms with Crippen LogP contribution in [-0.4, -0.2) is 42.6 Å². The van der Waals surface area contributed by atoms with Gasteiger partial charge in [0.05, 0.1) is 9.92 Å². The van der Waals surface area contributed by atoms with Crippen molar-refractivity contribution in [2.24, 2.45) is 0 Å². The maximum atomic E-state index is 13.0. The van der Waals surface area contributed by atoms with Crippen molar-refractivity contribution >= 4 is 21.6 Å². The average molecular weight is 426 g/mol. The van der Waals surface area contributed by atoms with Crippen molar-refractivity contribution in [3.63, 3.8) is 0 Å². The van der Waals surface area contributed by atoms with E-state index in [0.717, 1.165) is 12.0 Å². The summed E-state index contributed by atoms with van der Waals surface area (Å²) in [6.07, 6.45) is 1.82. The van der Waals surface area contributed by atoms with Crippen molar-refractivity contribution in [3.8, 4) is 5.75 Å². The van der Waals surface area contributed by atoms with E-state index in [1.807, 2.05) is 13.8 Å². The Kier molecular flexibility index (Phi) is 7.89. The predicted octanol–water partition coefficient (Wildman–Crippen LogP) is 4.18. The van der Waals surface area contributed by atoms with E-state index >= 15 is 0 Å². The first kappa shape index (κ1) is 22.7. The molecular formula is C21H28ClNO4S. The lowest BCUT2D eigenvalue weighted by molar-refractivity contribution is 0.169. The van der Waals surface area contributed by atoms with Crippen molar-refractivity contribution in [3.05, 3.63) is 59.1 Å². The fourth-order valence-electron chi connectivity index (χ4n) is 3.68. The van der Waals surface area contributed by atoms with Crippen molar-refractivity contribution in [1.82, 2.24) is 4.31 Å². The fraction of sp³-hybridized carbons (Fsp3) is 0.429. The van der Waals surface area contributed by atoms with Crippen molar-refractivity contribution in [2.45, 2.75) is 43.4 Å². The Labute approximate surface area is 172 Å². The maximum Gasteiger partial charge on any atom is 0.243 e. The highest BCUT2D eigenvalue weighted by molar-refractivity contribution is 7.89. The Balaban J connectivity index is 0.00000136. The van der Waals surface area contributed by atoms with Crippen LogP contribution in [0.2, 0.25) is 5.02 Å². The summed E-state index contributed by atoms with van der Waals surface area (Å²) in [6, 6.07) is 13.4. The Morgan fingerprint density at radius 1 is 1.14 bits per heavy atom. The molecular weight excluding hydrogens is 398 g/mol. The molecule has 154 valence electrons. The number of aromatic hydroxyl groups is 1. The summed E-state index contributed by atoms with van der Waals surface area (Å²) >= 11 is 5.92. The number of benzene rings is 2. The number of sulfonamides is 1. The number of aliphatic hydroxyl groups excluding tert-OH is 1. The summed E-state index contributed by atoms with van der Waals surface area (Å²) < 4.78 is 27.5. The van der Waals surface area contributed by atoms with Gasteiger partial charge in [0.2, 0.25) is 10.0 Å². The molecule has 2 aromatic rings. The lowest BCUT2D eigenvalue weighted by atomic mass is 9.72. The molecule has 3 rings (SSSR count). The Morgan fingerprint density at radius 3 is 2.43 bits per heavy atom. The molecule has 0 spiro atoms. The van der Waals surface area contributed by atoms with Crippen molar-refractivity contribution in [2.75, 3.05) is 19.7 Å². The lowest BCUT2D eigenvalue weighted by Gasteiger charge is -2.42. The zero-order valence-corrected chi connectivity index (χ0v) is 17.9. The molecule has 1 aliphatic heterocycles. The number of rotatable bonds is 5. The number of nitrogens with zero attached hydrogens (tertiary/aromatic N) is 1. The average Bonchev–Trinajstić information content (AvgIpc) is 2.72. The quantitative estimate of drug-likeness (QED) is 0.753. The van der Waals surface area contributed by atoms with Gasteiger partial charge >= 0.3 is 0 Å². The molecule has 0 bridgehead atoms. The van der Waals surface area contributed by atoms with Crippen LogP contribution in [0.5, 0.6) is 5.75 Å². The molecule has 1 unspecified atom stereocenters. The van der Waals surface area contributed by atoms with Crippen LogP contribution in [0.15, 0.2) is 53.4 Å². The monoisotopic (exact) mass is 425 g/mol. The summed E-state index contributed by atoms with van der Waals surface area (Å²) in [5, 5.41) is 19.9. The highest BCUT2D eigenvalue weighted by Crippen LogP contribution is 2.41. The summed E-state index contributed by atoms with van der Waals surface area (Å²) in [7, 11) is -3.61. The molecule has 2 N–H and O–H groups in total. The van der Waals surface area contributed by atoms with Gasteiger partial charge < -0.3 is 10.2 Å². The molecule has 5 nitrogen and oxygen atoms in total. The molecule has 1 heterocycles. The minimum absolute atomic E-state index is 0.0375.